The molecule has 0 atom stereocenters. The van der Waals surface area contributed by atoms with Crippen molar-refractivity contribution in [2.24, 2.45) is 0 Å². The number of thiocarbonyl (C=S) groups is 1. The van der Waals surface area contributed by atoms with Crippen LogP contribution in [0.5, 0.6) is 0 Å². The summed E-state index contributed by atoms with van der Waals surface area (Å²) < 4.78 is 48.7. The molecule has 0 saturated carbocycles. The van der Waals surface area contributed by atoms with Gasteiger partial charge in [-0.25, -0.2) is 12.9 Å². The van der Waals surface area contributed by atoms with Crippen molar-refractivity contribution >= 4 is 44.5 Å². The number of rotatable bonds is 9. The van der Waals surface area contributed by atoms with Crippen molar-refractivity contribution < 1.29 is 22.6 Å². The molecular formula is C30H34ClN5O5S2. The molecule has 4 aromatic rings. The minimum Gasteiger partial charge on any atom is -0.379 e. The van der Waals surface area contributed by atoms with Gasteiger partial charge in [0.1, 0.15) is 16.3 Å². The monoisotopic (exact) mass is 643 g/mol. The zero-order valence-electron chi connectivity index (χ0n) is 24.1. The molecule has 0 radical (unpaired) electrons. The largest absolute Gasteiger partial charge is 0.379 e. The van der Waals surface area contributed by atoms with Gasteiger partial charge in [0.25, 0.3) is 0 Å². The van der Waals surface area contributed by atoms with Gasteiger partial charge in [0.2, 0.25) is 10.0 Å². The van der Waals surface area contributed by atoms with Crippen LogP contribution >= 0.6 is 23.8 Å². The summed E-state index contributed by atoms with van der Waals surface area (Å²) in [6, 6.07) is 14.8. The Morgan fingerprint density at radius 3 is 2.53 bits per heavy atom. The summed E-state index contributed by atoms with van der Waals surface area (Å²) in [7, 11) is -0.510. The number of hydrogen-bond donors (Lipinski definition) is 1. The van der Waals surface area contributed by atoms with Gasteiger partial charge < -0.3 is 24.1 Å². The van der Waals surface area contributed by atoms with Crippen molar-refractivity contribution in [3.05, 3.63) is 64.8 Å². The van der Waals surface area contributed by atoms with Gasteiger partial charge >= 0.3 is 0 Å². The first-order valence-corrected chi connectivity index (χ1v) is 16.5. The highest BCUT2D eigenvalue weighted by molar-refractivity contribution is 7.89. The van der Waals surface area contributed by atoms with E-state index in [9.17, 15) is 8.42 Å². The molecule has 0 bridgehead atoms. The van der Waals surface area contributed by atoms with Crippen molar-refractivity contribution in [2.45, 2.75) is 37.0 Å². The average molecular weight is 644 g/mol. The number of ether oxygens (including phenoxy) is 3. The Morgan fingerprint density at radius 1 is 1.07 bits per heavy atom. The fourth-order valence-electron chi connectivity index (χ4n) is 5.84. The van der Waals surface area contributed by atoms with Gasteiger partial charge in [-0.05, 0) is 49.1 Å². The second-order valence-corrected chi connectivity index (χ2v) is 13.3. The van der Waals surface area contributed by atoms with Crippen LogP contribution in [0.1, 0.15) is 24.1 Å². The number of nitrogens with zero attached hydrogens (tertiary/aromatic N) is 4. The van der Waals surface area contributed by atoms with E-state index in [1.165, 1.54) is 4.31 Å². The lowest BCUT2D eigenvalue weighted by Gasteiger charge is -2.26. The third-order valence-corrected chi connectivity index (χ3v) is 10.5. The summed E-state index contributed by atoms with van der Waals surface area (Å²) in [4.78, 5) is 0.747. The maximum Gasteiger partial charge on any atom is 0.243 e. The van der Waals surface area contributed by atoms with E-state index in [1.807, 2.05) is 34.8 Å². The number of benzene rings is 2. The molecule has 228 valence electrons. The molecule has 2 aliphatic rings. The van der Waals surface area contributed by atoms with E-state index < -0.39 is 16.3 Å². The predicted octanol–water partition coefficient (Wildman–Crippen LogP) is 4.36. The van der Waals surface area contributed by atoms with E-state index in [1.54, 1.807) is 32.4 Å². The molecule has 13 heteroatoms. The van der Waals surface area contributed by atoms with Crippen molar-refractivity contribution in [1.29, 1.82) is 0 Å². The van der Waals surface area contributed by atoms with Crippen molar-refractivity contribution in [1.82, 2.24) is 23.8 Å². The Kier molecular flexibility index (Phi) is 8.88. The minimum absolute atomic E-state index is 0.241. The van der Waals surface area contributed by atoms with Crippen molar-refractivity contribution in [2.75, 3.05) is 47.1 Å². The van der Waals surface area contributed by atoms with E-state index in [0.717, 1.165) is 59.4 Å². The number of halogens is 1. The summed E-state index contributed by atoms with van der Waals surface area (Å²) in [5.74, 6) is 0.690. The second kappa shape index (κ2) is 12.6. The van der Waals surface area contributed by atoms with Crippen LogP contribution in [0, 0.1) is 0 Å². The molecule has 0 unspecified atom stereocenters. The topological polar surface area (TPSA) is 99.3 Å². The highest BCUT2D eigenvalue weighted by atomic mass is 35.5. The van der Waals surface area contributed by atoms with Crippen molar-refractivity contribution in [3.8, 4) is 22.5 Å². The molecule has 2 aromatic heterocycles. The van der Waals surface area contributed by atoms with Gasteiger partial charge in [-0.2, -0.15) is 4.31 Å². The van der Waals surface area contributed by atoms with Crippen molar-refractivity contribution in [3.63, 3.8) is 0 Å². The number of aryl methyl sites for hydroxylation is 2. The molecule has 2 aliphatic heterocycles. The number of sulfonamides is 1. The maximum absolute atomic E-state index is 13.5. The van der Waals surface area contributed by atoms with Gasteiger partial charge in [-0.3, -0.25) is 0 Å². The van der Waals surface area contributed by atoms with E-state index in [2.05, 4.69) is 9.88 Å². The van der Waals surface area contributed by atoms with Crippen LogP contribution in [0.3, 0.4) is 0 Å². The van der Waals surface area contributed by atoms with Crippen LogP contribution in [0.25, 0.3) is 28.2 Å². The van der Waals surface area contributed by atoms with Crippen LogP contribution in [-0.4, -0.2) is 85.3 Å². The standard InChI is InChI=1S/C30H34ClN5O5S2/c1-39-25(40-2)19-32-29(42)27-26(20-9-11-22(31)12-10-20)24-8-3-4-13-35-28(33-36(27)30(24)35)21-6-5-7-23(18-21)43(37,38)34-14-16-41-17-15-34/h5-7,9-12,18,25H,3-4,8,13-17,19H2,1-2H3,(H,32,42). The van der Waals surface area contributed by atoms with E-state index in [4.69, 9.17) is 43.1 Å². The molecule has 1 saturated heterocycles. The lowest BCUT2D eigenvalue weighted by atomic mass is 9.98. The lowest BCUT2D eigenvalue weighted by Crippen LogP contribution is -2.40. The molecule has 43 heavy (non-hydrogen) atoms. The van der Waals surface area contributed by atoms with Gasteiger partial charge in [0.15, 0.2) is 12.1 Å². The van der Waals surface area contributed by atoms with Crippen LogP contribution in [0.2, 0.25) is 5.02 Å². The number of aromatic nitrogens is 3. The van der Waals surface area contributed by atoms with Gasteiger partial charge in [-0.1, -0.05) is 48.1 Å². The molecule has 0 spiro atoms. The average Bonchev–Trinajstić information content (AvgIpc) is 3.45. The second-order valence-electron chi connectivity index (χ2n) is 10.5. The molecule has 6 rings (SSSR count). The number of nitrogens with one attached hydrogen (secondary N) is 1. The summed E-state index contributed by atoms with van der Waals surface area (Å²) in [6.45, 7) is 2.54. The third kappa shape index (κ3) is 5.73. The van der Waals surface area contributed by atoms with E-state index >= 15 is 0 Å². The molecule has 1 N–H and O–H groups in total. The summed E-state index contributed by atoms with van der Waals surface area (Å²) in [6.07, 6.45) is 2.32. The summed E-state index contributed by atoms with van der Waals surface area (Å²) in [5.41, 5.74) is 5.58. The Hall–Kier alpha value is -2.84. The molecule has 10 nitrogen and oxygen atoms in total. The third-order valence-electron chi connectivity index (χ3n) is 7.99. The smallest absolute Gasteiger partial charge is 0.243 e. The highest BCUT2D eigenvalue weighted by Gasteiger charge is 2.31. The normalized spacial score (nSPS) is 16.1. The molecular weight excluding hydrogens is 610 g/mol. The summed E-state index contributed by atoms with van der Waals surface area (Å²) in [5, 5.41) is 9.08. The van der Waals surface area contributed by atoms with E-state index in [0.29, 0.717) is 48.7 Å². The Morgan fingerprint density at radius 2 is 1.81 bits per heavy atom. The Bertz CT molecular complexity index is 1740. The lowest BCUT2D eigenvalue weighted by molar-refractivity contribution is -0.0964. The van der Waals surface area contributed by atoms with Crippen LogP contribution in [-0.2, 0) is 37.2 Å². The molecule has 1 fully saturated rings. The zero-order valence-corrected chi connectivity index (χ0v) is 26.5. The maximum atomic E-state index is 13.5. The van der Waals surface area contributed by atoms with Gasteiger partial charge in [0.05, 0.1) is 24.7 Å². The molecule has 0 aliphatic carbocycles. The number of hydrogen-bond acceptors (Lipinski definition) is 7. The highest BCUT2D eigenvalue weighted by Crippen LogP contribution is 2.39. The Balaban J connectivity index is 1.51. The first kappa shape index (κ1) is 30.2. The van der Waals surface area contributed by atoms with E-state index in [-0.39, 0.29) is 4.90 Å². The molecule has 2 aromatic carbocycles. The molecule has 0 amide bonds. The van der Waals surface area contributed by atoms with Crippen LogP contribution in [0.15, 0.2) is 53.4 Å². The molecule has 4 heterocycles. The number of morpholine rings is 1. The fraction of sp³-hybridized carbons (Fsp3) is 0.400. The van der Waals surface area contributed by atoms with Crippen LogP contribution in [0.4, 0.5) is 0 Å². The quantitative estimate of drug-likeness (QED) is 0.212. The minimum atomic E-state index is -3.67. The predicted molar refractivity (Wildman–Crippen MR) is 169 cm³/mol. The first-order valence-electron chi connectivity index (χ1n) is 14.3. The first-order chi connectivity index (χ1) is 20.8. The van der Waals surface area contributed by atoms with Gasteiger partial charge in [0, 0.05) is 55.6 Å². The zero-order chi connectivity index (χ0) is 30.1. The summed E-state index contributed by atoms with van der Waals surface area (Å²) >= 11 is 12.2. The number of methoxy groups -OCH3 is 2. The fourth-order valence-corrected chi connectivity index (χ4v) is 7.70. The van der Waals surface area contributed by atoms with Crippen LogP contribution < -0.4 is 5.32 Å². The SMILES string of the molecule is COC(CNC(=S)c1c(-c2ccc(Cl)cc2)c2c3n(c(-c4cccc(S(=O)(=O)N5CCOCC5)c4)nn13)CCCC2)OC. The van der Waals surface area contributed by atoms with Gasteiger partial charge in [-0.15, -0.1) is 5.10 Å². The Labute approximate surface area is 261 Å².